The number of allylic oxidation sites excluding steroid dienone is 1. The van der Waals surface area contributed by atoms with Crippen LogP contribution in [0.5, 0.6) is 5.75 Å². The third-order valence-corrected chi connectivity index (χ3v) is 4.98. The second-order valence-electron chi connectivity index (χ2n) is 6.32. The Morgan fingerprint density at radius 3 is 2.58 bits per heavy atom. The Bertz CT molecular complexity index is 987. The Hall–Kier alpha value is -2.65. The van der Waals surface area contributed by atoms with Gasteiger partial charge in [0.25, 0.3) is 0 Å². The van der Waals surface area contributed by atoms with Gasteiger partial charge in [0.05, 0.1) is 0 Å². The maximum Gasteiger partial charge on any atom is 0.189 e. The van der Waals surface area contributed by atoms with Crippen LogP contribution in [0.4, 0.5) is 0 Å². The van der Waals surface area contributed by atoms with E-state index in [2.05, 4.69) is 15.9 Å². The summed E-state index contributed by atoms with van der Waals surface area (Å²) in [5.41, 5.74) is 4.84. The van der Waals surface area contributed by atoms with E-state index in [1.54, 1.807) is 0 Å². The largest absolute Gasteiger partial charge is 0.489 e. The predicted octanol–water partition coefficient (Wildman–Crippen LogP) is 5.85. The van der Waals surface area contributed by atoms with E-state index in [0.717, 1.165) is 38.0 Å². The molecule has 26 heavy (non-hydrogen) atoms. The zero-order valence-corrected chi connectivity index (χ0v) is 15.7. The van der Waals surface area contributed by atoms with E-state index in [-0.39, 0.29) is 5.78 Å². The number of ether oxygens (including phenoxy) is 1. The SMILES string of the molecule is O=C1/C(=C/c2cccc(OCc3ccc(Br)cc3)c2)Cc2ccccc21. The third-order valence-electron chi connectivity index (χ3n) is 4.45. The third kappa shape index (κ3) is 3.63. The first-order chi connectivity index (χ1) is 12.7. The summed E-state index contributed by atoms with van der Waals surface area (Å²) in [4.78, 5) is 12.5. The molecule has 3 heteroatoms. The summed E-state index contributed by atoms with van der Waals surface area (Å²) in [5.74, 6) is 0.923. The Balaban J connectivity index is 1.50. The second-order valence-corrected chi connectivity index (χ2v) is 7.24. The van der Waals surface area contributed by atoms with E-state index in [4.69, 9.17) is 4.74 Å². The fourth-order valence-electron chi connectivity index (χ4n) is 3.11. The Morgan fingerprint density at radius 1 is 0.962 bits per heavy atom. The average Bonchev–Trinajstić information content (AvgIpc) is 2.98. The highest BCUT2D eigenvalue weighted by Gasteiger charge is 2.23. The monoisotopic (exact) mass is 404 g/mol. The van der Waals surface area contributed by atoms with Gasteiger partial charge in [-0.25, -0.2) is 0 Å². The summed E-state index contributed by atoms with van der Waals surface area (Å²) in [6.45, 7) is 0.512. The molecule has 0 unspecified atom stereocenters. The molecule has 128 valence electrons. The highest BCUT2D eigenvalue weighted by Crippen LogP contribution is 2.28. The Labute approximate surface area is 161 Å². The number of Topliss-reactive ketones (excluding diaryl/α,β-unsaturated/α-hetero) is 1. The van der Waals surface area contributed by atoms with Crippen LogP contribution in [0.25, 0.3) is 6.08 Å². The molecule has 1 aliphatic rings. The first-order valence-corrected chi connectivity index (χ1v) is 9.29. The second kappa shape index (κ2) is 7.30. The van der Waals surface area contributed by atoms with Crippen LogP contribution in [0.3, 0.4) is 0 Å². The molecular formula is C23H17BrO2. The molecule has 3 aromatic carbocycles. The van der Waals surface area contributed by atoms with Crippen molar-refractivity contribution in [3.05, 3.63) is 105 Å². The molecule has 4 rings (SSSR count). The van der Waals surface area contributed by atoms with Crippen molar-refractivity contribution in [3.8, 4) is 5.75 Å². The van der Waals surface area contributed by atoms with Crippen molar-refractivity contribution in [3.63, 3.8) is 0 Å². The highest BCUT2D eigenvalue weighted by atomic mass is 79.9. The number of rotatable bonds is 4. The van der Waals surface area contributed by atoms with Crippen LogP contribution in [-0.4, -0.2) is 5.78 Å². The molecule has 3 aromatic rings. The number of fused-ring (bicyclic) bond motifs is 1. The molecule has 0 aliphatic heterocycles. The van der Waals surface area contributed by atoms with Crippen LogP contribution >= 0.6 is 15.9 Å². The minimum Gasteiger partial charge on any atom is -0.489 e. The lowest BCUT2D eigenvalue weighted by atomic mass is 10.1. The molecule has 0 N–H and O–H groups in total. The molecular weight excluding hydrogens is 388 g/mol. The van der Waals surface area contributed by atoms with E-state index in [1.165, 1.54) is 0 Å². The van der Waals surface area contributed by atoms with Gasteiger partial charge in [0, 0.05) is 22.0 Å². The maximum absolute atomic E-state index is 12.5. The van der Waals surface area contributed by atoms with E-state index >= 15 is 0 Å². The molecule has 0 saturated heterocycles. The molecule has 0 amide bonds. The number of carbonyl (C=O) groups excluding carboxylic acids is 1. The van der Waals surface area contributed by atoms with Crippen molar-refractivity contribution in [2.45, 2.75) is 13.0 Å². The van der Waals surface area contributed by atoms with E-state index < -0.39 is 0 Å². The van der Waals surface area contributed by atoms with Gasteiger partial charge in [-0.1, -0.05) is 64.5 Å². The van der Waals surface area contributed by atoms with Crippen molar-refractivity contribution in [1.29, 1.82) is 0 Å². The maximum atomic E-state index is 12.5. The van der Waals surface area contributed by atoms with E-state index in [9.17, 15) is 4.79 Å². The molecule has 0 spiro atoms. The Morgan fingerprint density at radius 2 is 1.77 bits per heavy atom. The molecule has 0 heterocycles. The minimum absolute atomic E-state index is 0.127. The number of halogens is 1. The van der Waals surface area contributed by atoms with E-state index in [0.29, 0.717) is 13.0 Å². The summed E-state index contributed by atoms with van der Waals surface area (Å²) >= 11 is 3.43. The van der Waals surface area contributed by atoms with Gasteiger partial charge < -0.3 is 4.74 Å². The summed E-state index contributed by atoms with van der Waals surface area (Å²) < 4.78 is 6.95. The summed E-state index contributed by atoms with van der Waals surface area (Å²) in [7, 11) is 0. The number of hydrogen-bond donors (Lipinski definition) is 0. The summed E-state index contributed by atoms with van der Waals surface area (Å²) in [6, 6.07) is 23.7. The smallest absolute Gasteiger partial charge is 0.189 e. The van der Waals surface area contributed by atoms with Crippen molar-refractivity contribution in [2.24, 2.45) is 0 Å². The molecule has 0 aromatic heterocycles. The van der Waals surface area contributed by atoms with Gasteiger partial charge in [0.15, 0.2) is 5.78 Å². The lowest BCUT2D eigenvalue weighted by molar-refractivity contribution is 0.104. The molecule has 0 atom stereocenters. The van der Waals surface area contributed by atoms with Gasteiger partial charge >= 0.3 is 0 Å². The Kier molecular flexibility index (Phi) is 4.72. The number of carbonyl (C=O) groups is 1. The van der Waals surface area contributed by atoms with Crippen molar-refractivity contribution >= 4 is 27.8 Å². The summed E-state index contributed by atoms with van der Waals surface area (Å²) in [6.07, 6.45) is 2.66. The molecule has 0 radical (unpaired) electrons. The topological polar surface area (TPSA) is 26.3 Å². The van der Waals surface area contributed by atoms with Gasteiger partial charge in [-0.2, -0.15) is 0 Å². The lowest BCUT2D eigenvalue weighted by Crippen LogP contribution is -1.96. The fraction of sp³-hybridized carbons (Fsp3) is 0.0870. The van der Waals surface area contributed by atoms with Crippen molar-refractivity contribution < 1.29 is 9.53 Å². The molecule has 0 fully saturated rings. The van der Waals surface area contributed by atoms with Crippen molar-refractivity contribution in [1.82, 2.24) is 0 Å². The number of benzene rings is 3. The zero-order chi connectivity index (χ0) is 17.9. The van der Waals surface area contributed by atoms with E-state index in [1.807, 2.05) is 78.9 Å². The van der Waals surface area contributed by atoms with Gasteiger partial charge in [0.1, 0.15) is 12.4 Å². The number of ketones is 1. The number of hydrogen-bond acceptors (Lipinski definition) is 2. The van der Waals surface area contributed by atoms with Crippen LogP contribution in [0.1, 0.15) is 27.0 Å². The normalized spacial score (nSPS) is 14.5. The zero-order valence-electron chi connectivity index (χ0n) is 14.1. The van der Waals surface area contributed by atoms with Gasteiger partial charge in [-0.15, -0.1) is 0 Å². The van der Waals surface area contributed by atoms with Gasteiger partial charge in [-0.05, 0) is 47.0 Å². The predicted molar refractivity (Wildman–Crippen MR) is 107 cm³/mol. The molecule has 0 bridgehead atoms. The van der Waals surface area contributed by atoms with Crippen LogP contribution in [0, 0.1) is 0 Å². The fourth-order valence-corrected chi connectivity index (χ4v) is 3.38. The first-order valence-electron chi connectivity index (χ1n) is 8.49. The standard InChI is InChI=1S/C23H17BrO2/c24-20-10-8-16(9-11-20)15-26-21-6-3-4-17(13-21)12-19-14-18-5-1-2-7-22(18)23(19)25/h1-13H,14-15H2/b19-12+. The lowest BCUT2D eigenvalue weighted by Gasteiger charge is -2.07. The first kappa shape index (κ1) is 16.8. The van der Waals surface area contributed by atoms with Crippen LogP contribution in [-0.2, 0) is 13.0 Å². The van der Waals surface area contributed by atoms with Crippen molar-refractivity contribution in [2.75, 3.05) is 0 Å². The van der Waals surface area contributed by atoms with Gasteiger partial charge in [0.2, 0.25) is 0 Å². The average molecular weight is 405 g/mol. The van der Waals surface area contributed by atoms with Crippen LogP contribution in [0.2, 0.25) is 0 Å². The van der Waals surface area contributed by atoms with Gasteiger partial charge in [-0.3, -0.25) is 4.79 Å². The quantitative estimate of drug-likeness (QED) is 0.509. The summed E-state index contributed by atoms with van der Waals surface area (Å²) in [5, 5.41) is 0. The minimum atomic E-state index is 0.127. The molecule has 0 saturated carbocycles. The van der Waals surface area contributed by atoms with Crippen LogP contribution in [0.15, 0.2) is 82.8 Å². The van der Waals surface area contributed by atoms with Crippen LogP contribution < -0.4 is 4.74 Å². The molecule has 1 aliphatic carbocycles. The highest BCUT2D eigenvalue weighted by molar-refractivity contribution is 9.10. The molecule has 2 nitrogen and oxygen atoms in total.